The molecular formula is C19H24N4S. The fraction of sp³-hybridized carbons (Fsp3) is 0.263. The Balaban J connectivity index is 1.73. The Hall–Kier alpha value is -2.11. The highest BCUT2D eigenvalue weighted by Crippen LogP contribution is 2.41. The van der Waals surface area contributed by atoms with Crippen molar-refractivity contribution in [3.8, 4) is 0 Å². The molecule has 0 aliphatic carbocycles. The van der Waals surface area contributed by atoms with Gasteiger partial charge in [0, 0.05) is 28.9 Å². The number of benzene rings is 1. The van der Waals surface area contributed by atoms with Crippen LogP contribution in [0.15, 0.2) is 48.1 Å². The minimum absolute atomic E-state index is 0.578. The Morgan fingerprint density at radius 1 is 1.08 bits per heavy atom. The lowest BCUT2D eigenvalue weighted by molar-refractivity contribution is 0.531. The normalized spacial score (nSPS) is 15.8. The maximum atomic E-state index is 4.49. The van der Waals surface area contributed by atoms with Gasteiger partial charge in [-0.25, -0.2) is 9.97 Å². The molecule has 5 heteroatoms. The van der Waals surface area contributed by atoms with Gasteiger partial charge in [-0.15, -0.1) is 0 Å². The van der Waals surface area contributed by atoms with Crippen LogP contribution in [0, 0.1) is 0 Å². The summed E-state index contributed by atoms with van der Waals surface area (Å²) in [6.45, 7) is 5.84. The Bertz CT molecular complexity index is 786. The van der Waals surface area contributed by atoms with E-state index in [2.05, 4.69) is 63.2 Å². The number of aromatic nitrogens is 2. The zero-order chi connectivity index (χ0) is 17.0. The SMILES string of the molecule is C=Cc1cnc(Nc2ccc(S(=C)(=C)C3CCNCC3)cc2)nc1. The monoisotopic (exact) mass is 340 g/mol. The third kappa shape index (κ3) is 3.68. The molecule has 0 spiro atoms. The van der Waals surface area contributed by atoms with Crippen molar-refractivity contribution in [3.63, 3.8) is 0 Å². The molecule has 1 saturated heterocycles. The van der Waals surface area contributed by atoms with E-state index in [4.69, 9.17) is 0 Å². The summed E-state index contributed by atoms with van der Waals surface area (Å²) < 4.78 is 0. The molecule has 0 amide bonds. The van der Waals surface area contributed by atoms with Crippen molar-refractivity contribution in [2.24, 2.45) is 0 Å². The summed E-state index contributed by atoms with van der Waals surface area (Å²) in [6, 6.07) is 8.38. The summed E-state index contributed by atoms with van der Waals surface area (Å²) in [5, 5.41) is 7.22. The summed E-state index contributed by atoms with van der Waals surface area (Å²) in [4.78, 5) is 9.79. The average Bonchev–Trinajstić information content (AvgIpc) is 2.63. The van der Waals surface area contributed by atoms with Crippen molar-refractivity contribution in [1.82, 2.24) is 15.3 Å². The number of anilines is 2. The minimum Gasteiger partial charge on any atom is -0.324 e. The lowest BCUT2D eigenvalue weighted by Crippen LogP contribution is -2.30. The van der Waals surface area contributed by atoms with Gasteiger partial charge < -0.3 is 10.6 Å². The summed E-state index contributed by atoms with van der Waals surface area (Å²) in [6.07, 6.45) is 7.53. The van der Waals surface area contributed by atoms with Gasteiger partial charge in [0.05, 0.1) is 0 Å². The van der Waals surface area contributed by atoms with Gasteiger partial charge in [0.2, 0.25) is 5.95 Å². The molecule has 2 aromatic rings. The average molecular weight is 340 g/mol. The number of piperidine rings is 1. The molecule has 0 atom stereocenters. The molecule has 0 unspecified atom stereocenters. The van der Waals surface area contributed by atoms with Gasteiger partial charge in [-0.3, -0.25) is 0 Å². The fourth-order valence-electron chi connectivity index (χ4n) is 2.89. The van der Waals surface area contributed by atoms with Crippen LogP contribution in [0.1, 0.15) is 18.4 Å². The Morgan fingerprint density at radius 2 is 1.71 bits per heavy atom. The molecule has 1 aromatic carbocycles. The van der Waals surface area contributed by atoms with Gasteiger partial charge in [0.1, 0.15) is 0 Å². The van der Waals surface area contributed by atoms with Crippen molar-refractivity contribution in [2.45, 2.75) is 23.0 Å². The molecule has 4 nitrogen and oxygen atoms in total. The predicted octanol–water partition coefficient (Wildman–Crippen LogP) is 3.64. The van der Waals surface area contributed by atoms with Gasteiger partial charge in [-0.05, 0) is 55.1 Å². The molecule has 126 valence electrons. The van der Waals surface area contributed by atoms with Gasteiger partial charge in [0.15, 0.2) is 0 Å². The highest BCUT2D eigenvalue weighted by atomic mass is 32.2. The van der Waals surface area contributed by atoms with Crippen LogP contribution in [0.2, 0.25) is 0 Å². The Labute approximate surface area is 144 Å². The predicted molar refractivity (Wildman–Crippen MR) is 108 cm³/mol. The van der Waals surface area contributed by atoms with E-state index in [0.717, 1.165) is 37.2 Å². The van der Waals surface area contributed by atoms with Crippen LogP contribution in [-0.4, -0.2) is 40.0 Å². The van der Waals surface area contributed by atoms with Crippen LogP contribution in [0.4, 0.5) is 11.6 Å². The second kappa shape index (κ2) is 7.20. The topological polar surface area (TPSA) is 49.8 Å². The smallest absolute Gasteiger partial charge is 0.227 e. The number of hydrogen-bond acceptors (Lipinski definition) is 4. The largest absolute Gasteiger partial charge is 0.324 e. The summed E-state index contributed by atoms with van der Waals surface area (Å²) in [5.74, 6) is 9.55. The van der Waals surface area contributed by atoms with Crippen molar-refractivity contribution in [1.29, 1.82) is 0 Å². The molecule has 0 saturated carbocycles. The number of hydrogen-bond donors (Lipinski definition) is 2. The maximum absolute atomic E-state index is 4.49. The molecule has 2 heterocycles. The van der Waals surface area contributed by atoms with Gasteiger partial charge >= 0.3 is 0 Å². The first kappa shape index (κ1) is 16.7. The molecule has 2 N–H and O–H groups in total. The van der Waals surface area contributed by atoms with Crippen molar-refractivity contribution in [2.75, 3.05) is 18.4 Å². The zero-order valence-electron chi connectivity index (χ0n) is 13.9. The molecule has 3 rings (SSSR count). The Morgan fingerprint density at radius 3 is 2.29 bits per heavy atom. The van der Waals surface area contributed by atoms with Crippen LogP contribution in [0.5, 0.6) is 0 Å². The van der Waals surface area contributed by atoms with E-state index in [1.165, 1.54) is 4.90 Å². The zero-order valence-corrected chi connectivity index (χ0v) is 14.7. The van der Waals surface area contributed by atoms with Gasteiger partial charge in [-0.2, -0.15) is 9.21 Å². The molecule has 1 fully saturated rings. The van der Waals surface area contributed by atoms with Gasteiger partial charge in [-0.1, -0.05) is 24.4 Å². The molecule has 1 aromatic heterocycles. The minimum atomic E-state index is -1.27. The summed E-state index contributed by atoms with van der Waals surface area (Å²) in [7, 11) is -1.27. The fourth-order valence-corrected chi connectivity index (χ4v) is 5.09. The standard InChI is InChI=1S/C19H24N4S/c1-4-15-13-21-19(22-14-15)23-16-5-7-17(8-6-16)24(2,3)18-9-11-20-12-10-18/h4-8,13-14,18,20H,1-3,9-12H2,(H,21,22,23). The quantitative estimate of drug-likeness (QED) is 0.816. The first-order valence-corrected chi connectivity index (χ1v) is 10.1. The second-order valence-electron chi connectivity index (χ2n) is 6.09. The van der Waals surface area contributed by atoms with Crippen LogP contribution in [0.25, 0.3) is 6.08 Å². The lowest BCUT2D eigenvalue weighted by Gasteiger charge is -2.30. The molecule has 24 heavy (non-hydrogen) atoms. The molecule has 0 radical (unpaired) electrons. The van der Waals surface area contributed by atoms with Crippen LogP contribution in [0.3, 0.4) is 0 Å². The van der Waals surface area contributed by atoms with E-state index in [1.54, 1.807) is 18.5 Å². The van der Waals surface area contributed by atoms with E-state index in [-0.39, 0.29) is 0 Å². The van der Waals surface area contributed by atoms with E-state index in [1.807, 2.05) is 0 Å². The molecular weight excluding hydrogens is 316 g/mol. The highest BCUT2D eigenvalue weighted by Gasteiger charge is 2.19. The number of nitrogens with zero attached hydrogens (tertiary/aromatic N) is 2. The Kier molecular flexibility index (Phi) is 5.02. The number of rotatable bonds is 5. The van der Waals surface area contributed by atoms with E-state index < -0.39 is 9.21 Å². The van der Waals surface area contributed by atoms with E-state index >= 15 is 0 Å². The summed E-state index contributed by atoms with van der Waals surface area (Å²) >= 11 is 0. The third-order valence-electron chi connectivity index (χ3n) is 4.41. The maximum Gasteiger partial charge on any atom is 0.227 e. The second-order valence-corrected chi connectivity index (χ2v) is 9.11. The summed E-state index contributed by atoms with van der Waals surface area (Å²) in [5.41, 5.74) is 1.87. The van der Waals surface area contributed by atoms with E-state index in [0.29, 0.717) is 11.2 Å². The van der Waals surface area contributed by atoms with Crippen LogP contribution in [-0.2, 0) is 0 Å². The number of nitrogens with one attached hydrogen (secondary N) is 2. The van der Waals surface area contributed by atoms with Gasteiger partial charge in [0.25, 0.3) is 0 Å². The first-order chi connectivity index (χ1) is 11.6. The van der Waals surface area contributed by atoms with Crippen LogP contribution >= 0.6 is 9.21 Å². The van der Waals surface area contributed by atoms with E-state index in [9.17, 15) is 0 Å². The molecule has 1 aliphatic heterocycles. The van der Waals surface area contributed by atoms with Crippen LogP contribution < -0.4 is 10.6 Å². The lowest BCUT2D eigenvalue weighted by atomic mass is 10.2. The van der Waals surface area contributed by atoms with Crippen molar-refractivity contribution >= 4 is 38.7 Å². The third-order valence-corrected chi connectivity index (χ3v) is 7.37. The first-order valence-electron chi connectivity index (χ1n) is 8.10. The van der Waals surface area contributed by atoms with Crippen molar-refractivity contribution < 1.29 is 0 Å². The van der Waals surface area contributed by atoms with Crippen molar-refractivity contribution in [3.05, 3.63) is 48.8 Å². The molecule has 1 aliphatic rings. The highest BCUT2D eigenvalue weighted by molar-refractivity contribution is 8.28. The molecule has 0 bridgehead atoms.